The summed E-state index contributed by atoms with van der Waals surface area (Å²) in [6.45, 7) is 5.19. The van der Waals surface area contributed by atoms with Gasteiger partial charge >= 0.3 is 0 Å². The monoisotopic (exact) mass is 159 g/mol. The standard InChI is InChI=1S/C7H17N3O/c8-5-7(11)6-10-3-1-9-2-4-10/h7,9,11H,1-6,8H2. The second-order valence-corrected chi connectivity index (χ2v) is 2.94. The Morgan fingerprint density at radius 2 is 2.09 bits per heavy atom. The number of aliphatic hydroxyl groups is 1. The fraction of sp³-hybridized carbons (Fsp3) is 1.00. The van der Waals surface area contributed by atoms with E-state index in [-0.39, 0.29) is 6.10 Å². The van der Waals surface area contributed by atoms with Crippen LogP contribution in [0.15, 0.2) is 0 Å². The average Bonchev–Trinajstić information content (AvgIpc) is 2.06. The van der Waals surface area contributed by atoms with Crippen LogP contribution < -0.4 is 11.1 Å². The van der Waals surface area contributed by atoms with E-state index in [1.807, 2.05) is 0 Å². The second-order valence-electron chi connectivity index (χ2n) is 2.94. The van der Waals surface area contributed by atoms with Crippen molar-refractivity contribution in [3.63, 3.8) is 0 Å². The highest BCUT2D eigenvalue weighted by Gasteiger charge is 2.12. The molecule has 0 aliphatic carbocycles. The molecule has 1 rings (SSSR count). The van der Waals surface area contributed by atoms with Crippen molar-refractivity contribution in [1.82, 2.24) is 10.2 Å². The first-order valence-electron chi connectivity index (χ1n) is 4.14. The van der Waals surface area contributed by atoms with E-state index in [2.05, 4.69) is 10.2 Å². The summed E-state index contributed by atoms with van der Waals surface area (Å²) in [6.07, 6.45) is -0.354. The Balaban J connectivity index is 2.13. The molecule has 4 heteroatoms. The Morgan fingerprint density at radius 3 is 2.64 bits per heavy atom. The lowest BCUT2D eigenvalue weighted by atomic mass is 10.3. The van der Waals surface area contributed by atoms with Crippen molar-refractivity contribution in [1.29, 1.82) is 0 Å². The lowest BCUT2D eigenvalue weighted by molar-refractivity contribution is 0.111. The Labute approximate surface area is 67.4 Å². The number of β-amino-alcohol motifs (C(OH)–C–C–N with tert-alkyl or cyclic N) is 1. The van der Waals surface area contributed by atoms with Gasteiger partial charge in [0.15, 0.2) is 0 Å². The molecule has 0 aromatic heterocycles. The van der Waals surface area contributed by atoms with Crippen molar-refractivity contribution in [2.75, 3.05) is 39.3 Å². The molecule has 1 unspecified atom stereocenters. The Kier molecular flexibility index (Phi) is 3.79. The van der Waals surface area contributed by atoms with Crippen molar-refractivity contribution in [3.8, 4) is 0 Å². The highest BCUT2D eigenvalue weighted by molar-refractivity contribution is 4.70. The SMILES string of the molecule is NCC(O)CN1CCNCC1. The Bertz CT molecular complexity index is 104. The molecule has 0 radical (unpaired) electrons. The second kappa shape index (κ2) is 4.66. The third-order valence-electron chi connectivity index (χ3n) is 1.95. The van der Waals surface area contributed by atoms with Crippen LogP contribution in [0, 0.1) is 0 Å². The predicted molar refractivity (Wildman–Crippen MR) is 44.4 cm³/mol. The van der Waals surface area contributed by atoms with Crippen molar-refractivity contribution >= 4 is 0 Å². The first-order chi connectivity index (χ1) is 5.33. The molecule has 0 saturated carbocycles. The lowest BCUT2D eigenvalue weighted by Crippen LogP contribution is -2.47. The molecule has 4 nitrogen and oxygen atoms in total. The summed E-state index contributed by atoms with van der Waals surface area (Å²) in [4.78, 5) is 2.23. The normalized spacial score (nSPS) is 23.5. The van der Waals surface area contributed by atoms with Crippen LogP contribution in [0.25, 0.3) is 0 Å². The summed E-state index contributed by atoms with van der Waals surface area (Å²) < 4.78 is 0. The molecule has 0 bridgehead atoms. The fourth-order valence-corrected chi connectivity index (χ4v) is 1.27. The molecule has 1 atom stereocenters. The number of hydrogen-bond donors (Lipinski definition) is 3. The predicted octanol–water partition coefficient (Wildman–Crippen LogP) is -1.79. The molecule has 0 amide bonds. The molecule has 0 spiro atoms. The van der Waals surface area contributed by atoms with Gasteiger partial charge in [-0.2, -0.15) is 0 Å². The quantitative estimate of drug-likeness (QED) is 0.455. The number of aliphatic hydroxyl groups excluding tert-OH is 1. The van der Waals surface area contributed by atoms with E-state index >= 15 is 0 Å². The zero-order valence-electron chi connectivity index (χ0n) is 6.79. The highest BCUT2D eigenvalue weighted by Crippen LogP contribution is 1.93. The van der Waals surface area contributed by atoms with Crippen molar-refractivity contribution in [2.45, 2.75) is 6.10 Å². The maximum Gasteiger partial charge on any atom is 0.0789 e. The maximum atomic E-state index is 9.22. The largest absolute Gasteiger partial charge is 0.390 e. The minimum Gasteiger partial charge on any atom is -0.390 e. The molecule has 11 heavy (non-hydrogen) atoms. The van der Waals surface area contributed by atoms with Gasteiger partial charge in [-0.15, -0.1) is 0 Å². The lowest BCUT2D eigenvalue weighted by Gasteiger charge is -2.28. The molecule has 4 N–H and O–H groups in total. The molecule has 1 aliphatic rings. The van der Waals surface area contributed by atoms with Crippen LogP contribution in [0.4, 0.5) is 0 Å². The van der Waals surface area contributed by atoms with Gasteiger partial charge in [-0.25, -0.2) is 0 Å². The van der Waals surface area contributed by atoms with E-state index in [4.69, 9.17) is 5.73 Å². The van der Waals surface area contributed by atoms with Gasteiger partial charge in [0.25, 0.3) is 0 Å². The van der Waals surface area contributed by atoms with E-state index in [1.165, 1.54) is 0 Å². The van der Waals surface area contributed by atoms with Crippen LogP contribution in [0.5, 0.6) is 0 Å². The zero-order valence-corrected chi connectivity index (χ0v) is 6.79. The van der Waals surface area contributed by atoms with Gasteiger partial charge < -0.3 is 16.2 Å². The first kappa shape index (κ1) is 8.93. The van der Waals surface area contributed by atoms with Gasteiger partial charge in [0, 0.05) is 39.3 Å². The number of hydrogen-bond acceptors (Lipinski definition) is 4. The molecule has 66 valence electrons. The number of nitrogens with two attached hydrogens (primary N) is 1. The molecule has 1 saturated heterocycles. The molecule has 0 aromatic rings. The Hall–Kier alpha value is -0.160. The van der Waals surface area contributed by atoms with Crippen LogP contribution in [0.3, 0.4) is 0 Å². The van der Waals surface area contributed by atoms with Crippen LogP contribution >= 0.6 is 0 Å². The summed E-state index contributed by atoms with van der Waals surface area (Å²) in [5.74, 6) is 0. The van der Waals surface area contributed by atoms with Crippen molar-refractivity contribution in [3.05, 3.63) is 0 Å². The van der Waals surface area contributed by atoms with Crippen LogP contribution in [-0.4, -0.2) is 55.4 Å². The molecule has 1 heterocycles. The molecular formula is C7H17N3O. The smallest absolute Gasteiger partial charge is 0.0789 e. The van der Waals surface area contributed by atoms with Crippen molar-refractivity contribution < 1.29 is 5.11 Å². The molecule has 1 aliphatic heterocycles. The van der Waals surface area contributed by atoms with Gasteiger partial charge in [0.2, 0.25) is 0 Å². The van der Waals surface area contributed by atoms with Gasteiger partial charge in [-0.1, -0.05) is 0 Å². The number of piperazine rings is 1. The van der Waals surface area contributed by atoms with E-state index in [9.17, 15) is 5.11 Å². The van der Waals surface area contributed by atoms with Gasteiger partial charge in [-0.3, -0.25) is 4.90 Å². The summed E-state index contributed by atoms with van der Waals surface area (Å²) in [5, 5.41) is 12.5. The molecule has 0 aromatic carbocycles. The minimum absolute atomic E-state index is 0.354. The fourth-order valence-electron chi connectivity index (χ4n) is 1.27. The van der Waals surface area contributed by atoms with Gasteiger partial charge in [0.05, 0.1) is 6.10 Å². The van der Waals surface area contributed by atoms with E-state index < -0.39 is 0 Å². The zero-order chi connectivity index (χ0) is 8.10. The summed E-state index contributed by atoms with van der Waals surface area (Å²) >= 11 is 0. The van der Waals surface area contributed by atoms with Crippen molar-refractivity contribution in [2.24, 2.45) is 5.73 Å². The van der Waals surface area contributed by atoms with Crippen LogP contribution in [-0.2, 0) is 0 Å². The number of nitrogens with one attached hydrogen (secondary N) is 1. The summed E-state index contributed by atoms with van der Waals surface area (Å²) in [5.41, 5.74) is 5.30. The highest BCUT2D eigenvalue weighted by atomic mass is 16.3. The van der Waals surface area contributed by atoms with Gasteiger partial charge in [-0.05, 0) is 0 Å². The van der Waals surface area contributed by atoms with Crippen LogP contribution in [0.2, 0.25) is 0 Å². The van der Waals surface area contributed by atoms with E-state index in [0.717, 1.165) is 32.7 Å². The number of nitrogens with zero attached hydrogens (tertiary/aromatic N) is 1. The third-order valence-corrected chi connectivity index (χ3v) is 1.95. The van der Waals surface area contributed by atoms with Gasteiger partial charge in [0.1, 0.15) is 0 Å². The maximum absolute atomic E-state index is 9.22. The van der Waals surface area contributed by atoms with E-state index in [1.54, 1.807) is 0 Å². The number of rotatable bonds is 3. The average molecular weight is 159 g/mol. The third kappa shape index (κ3) is 3.16. The molecule has 1 fully saturated rings. The van der Waals surface area contributed by atoms with Crippen LogP contribution in [0.1, 0.15) is 0 Å². The van der Waals surface area contributed by atoms with E-state index in [0.29, 0.717) is 6.54 Å². The Morgan fingerprint density at radius 1 is 1.45 bits per heavy atom. The molecular weight excluding hydrogens is 142 g/mol. The topological polar surface area (TPSA) is 61.5 Å². The summed E-state index contributed by atoms with van der Waals surface area (Å²) in [7, 11) is 0. The summed E-state index contributed by atoms with van der Waals surface area (Å²) in [6, 6.07) is 0. The minimum atomic E-state index is -0.354. The first-order valence-corrected chi connectivity index (χ1v) is 4.14.